The van der Waals surface area contributed by atoms with Crippen LogP contribution in [-0.4, -0.2) is 26.8 Å². The lowest BCUT2D eigenvalue weighted by Crippen LogP contribution is -2.13. The van der Waals surface area contributed by atoms with Gasteiger partial charge in [0.25, 0.3) is 5.69 Å². The van der Waals surface area contributed by atoms with Gasteiger partial charge in [-0.2, -0.15) is 18.3 Å². The monoisotopic (exact) mass is 446 g/mol. The molecule has 31 heavy (non-hydrogen) atoms. The van der Waals surface area contributed by atoms with Crippen molar-refractivity contribution in [1.29, 1.82) is 0 Å². The minimum absolute atomic E-state index is 0.00593. The van der Waals surface area contributed by atoms with Crippen LogP contribution in [-0.2, 0) is 6.18 Å². The summed E-state index contributed by atoms with van der Waals surface area (Å²) < 4.78 is 46.8. The Balaban J connectivity index is 1.76. The third-order valence-corrected chi connectivity index (χ3v) is 5.23. The van der Waals surface area contributed by atoms with Gasteiger partial charge in [-0.3, -0.25) is 10.1 Å². The van der Waals surface area contributed by atoms with Crippen molar-refractivity contribution in [2.75, 3.05) is 7.11 Å². The molecule has 0 aliphatic heterocycles. The maximum atomic E-state index is 13.7. The quantitative estimate of drug-likeness (QED) is 0.294. The Labute approximate surface area is 177 Å². The van der Waals surface area contributed by atoms with E-state index in [1.54, 1.807) is 30.3 Å². The number of nitro benzene ring substituents is 1. The first-order valence-electron chi connectivity index (χ1n) is 8.78. The number of ether oxygens (including phenoxy) is 1. The van der Waals surface area contributed by atoms with Crippen molar-refractivity contribution < 1.29 is 22.8 Å². The van der Waals surface area contributed by atoms with Crippen molar-refractivity contribution in [2.24, 2.45) is 0 Å². The highest BCUT2D eigenvalue weighted by Gasteiger charge is 2.37. The smallest absolute Gasteiger partial charge is 0.433 e. The van der Waals surface area contributed by atoms with Gasteiger partial charge in [-0.15, -0.1) is 11.3 Å². The second-order valence-electron chi connectivity index (χ2n) is 6.38. The van der Waals surface area contributed by atoms with Crippen molar-refractivity contribution in [3.8, 4) is 33.4 Å². The normalized spacial score (nSPS) is 11.5. The average Bonchev–Trinajstić information content (AvgIpc) is 3.41. The largest absolute Gasteiger partial charge is 0.497 e. The zero-order valence-electron chi connectivity index (χ0n) is 15.8. The number of benzene rings is 2. The lowest BCUT2D eigenvalue weighted by Gasteiger charge is -2.07. The molecule has 0 unspecified atom stereocenters. The molecular weight excluding hydrogens is 433 g/mol. The number of thiazole rings is 1. The van der Waals surface area contributed by atoms with Gasteiger partial charge in [0, 0.05) is 28.6 Å². The molecule has 4 aromatic rings. The molecule has 0 saturated carbocycles. The molecule has 0 bridgehead atoms. The van der Waals surface area contributed by atoms with E-state index >= 15 is 0 Å². The molecule has 2 aromatic carbocycles. The van der Waals surface area contributed by atoms with Crippen molar-refractivity contribution in [3.05, 3.63) is 75.8 Å². The SMILES string of the molecule is COc1ccc(-c2cc(C(F)(F)F)n(-c3nc(-c4cccc([N+](=O)[O-])c4)cs3)n2)cc1. The summed E-state index contributed by atoms with van der Waals surface area (Å²) in [4.78, 5) is 14.7. The standard InChI is InChI=1S/C20H13F3N4O3S/c1-30-15-7-5-12(6-8-15)16-10-18(20(21,22)23)26(25-16)19-24-17(11-31-19)13-3-2-4-14(9-13)27(28)29/h2-11H,1H3. The zero-order chi connectivity index (χ0) is 22.2. The minimum atomic E-state index is -4.66. The third kappa shape index (κ3) is 4.12. The van der Waals surface area contributed by atoms with E-state index in [-0.39, 0.29) is 16.5 Å². The maximum absolute atomic E-state index is 13.7. The van der Waals surface area contributed by atoms with Crippen LogP contribution in [0.3, 0.4) is 0 Å². The number of alkyl halides is 3. The number of nitrogens with zero attached hydrogens (tertiary/aromatic N) is 4. The van der Waals surface area contributed by atoms with E-state index in [4.69, 9.17) is 4.74 Å². The Morgan fingerprint density at radius 2 is 1.81 bits per heavy atom. The Bertz CT molecular complexity index is 1250. The summed E-state index contributed by atoms with van der Waals surface area (Å²) in [5, 5.41) is 16.6. The van der Waals surface area contributed by atoms with Crippen molar-refractivity contribution in [2.45, 2.75) is 6.18 Å². The van der Waals surface area contributed by atoms with Crippen LogP contribution in [0.15, 0.2) is 60.0 Å². The molecule has 0 atom stereocenters. The number of methoxy groups -OCH3 is 1. The summed E-state index contributed by atoms with van der Waals surface area (Å²) in [7, 11) is 1.49. The second-order valence-corrected chi connectivity index (χ2v) is 7.21. The fourth-order valence-electron chi connectivity index (χ4n) is 2.90. The number of hydrogen-bond donors (Lipinski definition) is 0. The highest BCUT2D eigenvalue weighted by atomic mass is 32.1. The minimum Gasteiger partial charge on any atom is -0.497 e. The predicted molar refractivity (Wildman–Crippen MR) is 108 cm³/mol. The van der Waals surface area contributed by atoms with Gasteiger partial charge in [-0.1, -0.05) is 12.1 Å². The summed E-state index contributed by atoms with van der Waals surface area (Å²) in [6.07, 6.45) is -4.66. The van der Waals surface area contributed by atoms with E-state index in [1.807, 2.05) is 0 Å². The number of halogens is 3. The molecule has 0 N–H and O–H groups in total. The highest BCUT2D eigenvalue weighted by molar-refractivity contribution is 7.12. The Morgan fingerprint density at radius 1 is 1.06 bits per heavy atom. The maximum Gasteiger partial charge on any atom is 0.433 e. The third-order valence-electron chi connectivity index (χ3n) is 4.41. The first kappa shape index (κ1) is 20.5. The predicted octanol–water partition coefficient (Wildman–Crippen LogP) is 5.60. The second kappa shape index (κ2) is 7.84. The lowest BCUT2D eigenvalue weighted by molar-refractivity contribution is -0.384. The molecule has 0 amide bonds. The van der Waals surface area contributed by atoms with Gasteiger partial charge in [-0.25, -0.2) is 9.67 Å². The van der Waals surface area contributed by atoms with E-state index < -0.39 is 16.8 Å². The van der Waals surface area contributed by atoms with Crippen molar-refractivity contribution >= 4 is 17.0 Å². The number of hydrogen-bond acceptors (Lipinski definition) is 6. The van der Waals surface area contributed by atoms with Crippen LogP contribution in [0.25, 0.3) is 27.6 Å². The van der Waals surface area contributed by atoms with Gasteiger partial charge in [0.2, 0.25) is 5.13 Å². The summed E-state index contributed by atoms with van der Waals surface area (Å²) >= 11 is 0.956. The molecule has 158 valence electrons. The first-order valence-corrected chi connectivity index (χ1v) is 9.66. The molecule has 0 aliphatic carbocycles. The Hall–Kier alpha value is -3.73. The Kier molecular flexibility index (Phi) is 5.19. The topological polar surface area (TPSA) is 83.1 Å². The number of nitro groups is 1. The molecule has 0 fully saturated rings. The van der Waals surface area contributed by atoms with Crippen LogP contribution in [0.5, 0.6) is 5.75 Å². The van der Waals surface area contributed by atoms with Crippen LogP contribution >= 0.6 is 11.3 Å². The van der Waals surface area contributed by atoms with Crippen LogP contribution in [0.2, 0.25) is 0 Å². The van der Waals surface area contributed by atoms with Gasteiger partial charge in [0.15, 0.2) is 5.69 Å². The molecule has 2 heterocycles. The molecule has 2 aromatic heterocycles. The Morgan fingerprint density at radius 3 is 2.45 bits per heavy atom. The summed E-state index contributed by atoms with van der Waals surface area (Å²) in [5.74, 6) is 0.570. The summed E-state index contributed by atoms with van der Waals surface area (Å²) in [5.41, 5.74) is 0.246. The van der Waals surface area contributed by atoms with E-state index in [9.17, 15) is 23.3 Å². The zero-order valence-corrected chi connectivity index (χ0v) is 16.6. The van der Waals surface area contributed by atoms with Crippen LogP contribution in [0.1, 0.15) is 5.69 Å². The van der Waals surface area contributed by atoms with Crippen LogP contribution < -0.4 is 4.74 Å². The molecule has 11 heteroatoms. The molecular formula is C20H13F3N4O3S. The number of rotatable bonds is 5. The molecule has 4 rings (SSSR count). The molecule has 0 saturated heterocycles. The van der Waals surface area contributed by atoms with Crippen LogP contribution in [0, 0.1) is 10.1 Å². The fraction of sp³-hybridized carbons (Fsp3) is 0.100. The van der Waals surface area contributed by atoms with Crippen LogP contribution in [0.4, 0.5) is 18.9 Å². The average molecular weight is 446 g/mol. The van der Waals surface area contributed by atoms with E-state index in [0.29, 0.717) is 22.6 Å². The first-order chi connectivity index (χ1) is 14.8. The number of non-ortho nitro benzene ring substituents is 1. The molecule has 0 radical (unpaired) electrons. The van der Waals surface area contributed by atoms with Gasteiger partial charge >= 0.3 is 6.18 Å². The molecule has 7 nitrogen and oxygen atoms in total. The van der Waals surface area contributed by atoms with E-state index in [1.165, 1.54) is 30.7 Å². The van der Waals surface area contributed by atoms with Crippen molar-refractivity contribution in [3.63, 3.8) is 0 Å². The van der Waals surface area contributed by atoms with Gasteiger partial charge in [0.1, 0.15) is 5.75 Å². The summed E-state index contributed by atoms with van der Waals surface area (Å²) in [6, 6.07) is 13.2. The summed E-state index contributed by atoms with van der Waals surface area (Å²) in [6.45, 7) is 0. The lowest BCUT2D eigenvalue weighted by atomic mass is 10.1. The molecule has 0 spiro atoms. The fourth-order valence-corrected chi connectivity index (χ4v) is 3.70. The number of aromatic nitrogens is 3. The van der Waals surface area contributed by atoms with E-state index in [2.05, 4.69) is 10.1 Å². The van der Waals surface area contributed by atoms with Gasteiger partial charge in [-0.05, 0) is 30.3 Å². The highest BCUT2D eigenvalue weighted by Crippen LogP contribution is 2.36. The van der Waals surface area contributed by atoms with Gasteiger partial charge < -0.3 is 4.74 Å². The molecule has 0 aliphatic rings. The van der Waals surface area contributed by atoms with E-state index in [0.717, 1.165) is 22.1 Å². The van der Waals surface area contributed by atoms with Gasteiger partial charge in [0.05, 0.1) is 23.4 Å². The van der Waals surface area contributed by atoms with Crippen molar-refractivity contribution in [1.82, 2.24) is 14.8 Å².